The monoisotopic (exact) mass is 649 g/mol. The van der Waals surface area contributed by atoms with E-state index in [1.165, 1.54) is 4.57 Å². The summed E-state index contributed by atoms with van der Waals surface area (Å²) >= 11 is 6.28. The smallest absolute Gasteiger partial charge is 0.354 e. The van der Waals surface area contributed by atoms with Crippen molar-refractivity contribution in [2.45, 2.75) is 70.6 Å². The zero-order valence-electron chi connectivity index (χ0n) is 26.0. The minimum Gasteiger partial charge on any atom is -0.370 e. The second-order valence-electron chi connectivity index (χ2n) is 12.2. The Bertz CT molecular complexity index is 1790. The molecule has 0 aliphatic carbocycles. The van der Waals surface area contributed by atoms with Crippen LogP contribution in [0.1, 0.15) is 63.2 Å². The Morgan fingerprint density at radius 3 is 2.59 bits per heavy atom. The molecule has 5 rings (SSSR count). The van der Waals surface area contributed by atoms with E-state index in [9.17, 15) is 4.79 Å². The van der Waals surface area contributed by atoms with Gasteiger partial charge in [-0.1, -0.05) is 44.0 Å². The molecule has 3 atom stereocenters. The summed E-state index contributed by atoms with van der Waals surface area (Å²) in [5.41, 5.74) is 25.5. The molecule has 4 aromatic rings. The Kier molecular flexibility index (Phi) is 10.3. The van der Waals surface area contributed by atoms with E-state index in [4.69, 9.17) is 39.3 Å². The first kappa shape index (κ1) is 33.0. The second-order valence-corrected chi connectivity index (χ2v) is 12.6. The molecule has 1 aliphatic heterocycles. The lowest BCUT2D eigenvalue weighted by Crippen LogP contribution is -2.34. The fourth-order valence-corrected chi connectivity index (χ4v) is 6.16. The summed E-state index contributed by atoms with van der Waals surface area (Å²) in [4.78, 5) is 28.9. The van der Waals surface area contributed by atoms with Crippen LogP contribution in [0.3, 0.4) is 0 Å². The van der Waals surface area contributed by atoms with Gasteiger partial charge in [0.05, 0.1) is 34.7 Å². The highest BCUT2D eigenvalue weighted by Crippen LogP contribution is 2.35. The van der Waals surface area contributed by atoms with Gasteiger partial charge in [0.25, 0.3) is 0 Å². The Morgan fingerprint density at radius 1 is 1.13 bits per heavy atom. The summed E-state index contributed by atoms with van der Waals surface area (Å²) in [6.45, 7) is 4.78. The van der Waals surface area contributed by atoms with Crippen molar-refractivity contribution >= 4 is 34.6 Å². The molecule has 13 heteroatoms. The van der Waals surface area contributed by atoms with Gasteiger partial charge in [-0.25, -0.2) is 9.18 Å². The normalized spacial score (nSPS) is 18.2. The number of nitrogens with two attached hydrogens (primary N) is 4. The van der Waals surface area contributed by atoms with Crippen molar-refractivity contribution in [2.24, 2.45) is 38.8 Å². The third-order valence-electron chi connectivity index (χ3n) is 8.13. The van der Waals surface area contributed by atoms with E-state index in [0.717, 1.165) is 30.4 Å². The fourth-order valence-electron chi connectivity index (χ4n) is 5.92. The van der Waals surface area contributed by atoms with Crippen molar-refractivity contribution in [1.29, 1.82) is 0 Å². The van der Waals surface area contributed by atoms with Crippen LogP contribution in [-0.2, 0) is 11.2 Å². The van der Waals surface area contributed by atoms with Crippen LogP contribution < -0.4 is 28.6 Å². The van der Waals surface area contributed by atoms with Crippen LogP contribution in [-0.4, -0.2) is 45.1 Å². The number of hydrogen-bond acceptors (Lipinski definition) is 5. The molecule has 46 heavy (non-hydrogen) atoms. The van der Waals surface area contributed by atoms with Gasteiger partial charge < -0.3 is 32.7 Å². The molecule has 11 nitrogen and oxygen atoms in total. The molecule has 0 bridgehead atoms. The number of benzene rings is 2. The largest absolute Gasteiger partial charge is 0.370 e. The minimum absolute atomic E-state index is 0.0272. The van der Waals surface area contributed by atoms with Gasteiger partial charge in [-0.3, -0.25) is 14.6 Å². The van der Waals surface area contributed by atoms with Gasteiger partial charge in [-0.2, -0.15) is 4.98 Å². The lowest BCUT2D eigenvalue weighted by molar-refractivity contribution is -0.0600. The number of aliphatic imine (C=N–C) groups is 2. The maximum absolute atomic E-state index is 15.2. The van der Waals surface area contributed by atoms with E-state index in [1.54, 1.807) is 18.3 Å². The Labute approximate surface area is 271 Å². The number of nitrogens with zero attached hydrogens (tertiary/aromatic N) is 4. The number of nitrogens with one attached hydrogen (secondary N) is 1. The van der Waals surface area contributed by atoms with Crippen LogP contribution in [0.25, 0.3) is 28.0 Å². The zero-order chi connectivity index (χ0) is 33.0. The van der Waals surface area contributed by atoms with Crippen molar-refractivity contribution < 1.29 is 9.13 Å². The molecule has 1 fully saturated rings. The Morgan fingerprint density at radius 2 is 1.89 bits per heavy atom. The molecular formula is C33H41ClFN9O2. The number of guanidine groups is 2. The lowest BCUT2D eigenvalue weighted by atomic mass is 9.93. The van der Waals surface area contributed by atoms with Gasteiger partial charge in [-0.15, -0.1) is 0 Å². The topological polar surface area (TPSA) is 189 Å². The van der Waals surface area contributed by atoms with E-state index in [2.05, 4.69) is 33.8 Å². The molecule has 1 aliphatic rings. The first-order valence-corrected chi connectivity index (χ1v) is 15.8. The van der Waals surface area contributed by atoms with Gasteiger partial charge in [0.15, 0.2) is 17.7 Å². The molecule has 3 heterocycles. The summed E-state index contributed by atoms with van der Waals surface area (Å²) in [6.07, 6.45) is 5.97. The highest BCUT2D eigenvalue weighted by molar-refractivity contribution is 6.31. The van der Waals surface area contributed by atoms with Crippen molar-refractivity contribution in [2.75, 3.05) is 6.54 Å². The molecule has 1 saturated heterocycles. The molecule has 9 N–H and O–H groups in total. The van der Waals surface area contributed by atoms with Crippen molar-refractivity contribution in [3.05, 3.63) is 81.1 Å². The Hall–Kier alpha value is -4.42. The number of aromatic amines is 1. The maximum Gasteiger partial charge on any atom is 0.354 e. The lowest BCUT2D eigenvalue weighted by Gasteiger charge is -2.34. The minimum atomic E-state index is -0.517. The number of rotatable bonds is 11. The van der Waals surface area contributed by atoms with Crippen molar-refractivity contribution in [1.82, 2.24) is 14.5 Å². The first-order chi connectivity index (χ1) is 22.0. The standard InChI is InChI=1S/C33H41ClFN9O2/c1-18(2)4-3-5-19-12-25(29(35)26(34)13-19)27-14-21-17-44(33(45)43-30(21)42-27)23-8-6-20(7-9-23)28-16-22(41-32(38)39)15-24(46-28)10-11-40-31(36)37/h6-9,12-14,17-18,22,24,28H,3-5,10-11,15-16H2,1-2H3,(H4,36,37,40)(H4,38,39,41)(H,42,43,45)/t22?,24-,28+/m0/s1. The summed E-state index contributed by atoms with van der Waals surface area (Å²) in [7, 11) is 0. The predicted molar refractivity (Wildman–Crippen MR) is 182 cm³/mol. The molecule has 0 radical (unpaired) electrons. The van der Waals surface area contributed by atoms with E-state index in [1.807, 2.05) is 30.3 Å². The summed E-state index contributed by atoms with van der Waals surface area (Å²) in [5, 5.41) is 0.716. The fraction of sp³-hybridized carbons (Fsp3) is 0.394. The van der Waals surface area contributed by atoms with Gasteiger partial charge in [0.1, 0.15) is 5.65 Å². The average Bonchev–Trinajstić information content (AvgIpc) is 3.40. The van der Waals surface area contributed by atoms with Crippen LogP contribution in [0, 0.1) is 11.7 Å². The average molecular weight is 650 g/mol. The van der Waals surface area contributed by atoms with Crippen molar-refractivity contribution in [3.8, 4) is 16.9 Å². The van der Waals surface area contributed by atoms with Gasteiger partial charge >= 0.3 is 5.69 Å². The number of aromatic nitrogens is 3. The summed E-state index contributed by atoms with van der Waals surface area (Å²) < 4.78 is 23.0. The first-order valence-electron chi connectivity index (χ1n) is 15.5. The number of H-pyrrole nitrogens is 1. The van der Waals surface area contributed by atoms with Crippen LogP contribution in [0.5, 0.6) is 0 Å². The predicted octanol–water partition coefficient (Wildman–Crippen LogP) is 4.68. The van der Waals surface area contributed by atoms with Crippen LogP contribution in [0.15, 0.2) is 63.4 Å². The van der Waals surface area contributed by atoms with Crippen LogP contribution >= 0.6 is 11.6 Å². The zero-order valence-corrected chi connectivity index (χ0v) is 26.8. The van der Waals surface area contributed by atoms with E-state index >= 15 is 4.39 Å². The van der Waals surface area contributed by atoms with Gasteiger partial charge in [0.2, 0.25) is 0 Å². The highest BCUT2D eigenvalue weighted by atomic mass is 35.5. The summed E-state index contributed by atoms with van der Waals surface area (Å²) in [5.74, 6) is 0.126. The molecule has 1 unspecified atom stereocenters. The molecule has 0 spiro atoms. The molecule has 244 valence electrons. The second kappa shape index (κ2) is 14.3. The number of fused-ring (bicyclic) bond motifs is 1. The molecular weight excluding hydrogens is 609 g/mol. The third-order valence-corrected chi connectivity index (χ3v) is 8.41. The van der Waals surface area contributed by atoms with Crippen LogP contribution in [0.2, 0.25) is 5.02 Å². The maximum atomic E-state index is 15.2. The highest BCUT2D eigenvalue weighted by Gasteiger charge is 2.30. The van der Waals surface area contributed by atoms with E-state index in [0.29, 0.717) is 59.7 Å². The quantitative estimate of drug-likeness (QED) is 0.115. The van der Waals surface area contributed by atoms with Crippen molar-refractivity contribution in [3.63, 3.8) is 0 Å². The number of hydrogen-bond donors (Lipinski definition) is 5. The van der Waals surface area contributed by atoms with Crippen LogP contribution in [0.4, 0.5) is 4.39 Å². The molecule has 2 aromatic heterocycles. The Balaban J connectivity index is 1.38. The molecule has 2 aromatic carbocycles. The summed E-state index contributed by atoms with van der Waals surface area (Å²) in [6, 6.07) is 12.6. The molecule has 0 amide bonds. The van der Waals surface area contributed by atoms with Gasteiger partial charge in [-0.05, 0) is 73.1 Å². The SMILES string of the molecule is CC(C)CCCc1cc(Cl)c(F)c(-c2cc3cn(-c4ccc([C@H]5CC(N=C(N)N)C[C@H](CCN=C(N)N)O5)cc4)c(=O)nc3[nH]2)c1. The number of aryl methyl sites for hydroxylation is 1. The number of ether oxygens (including phenoxy) is 1. The molecule has 0 saturated carbocycles. The van der Waals surface area contributed by atoms with Gasteiger partial charge in [0, 0.05) is 30.1 Å². The number of halogens is 2. The third kappa shape index (κ3) is 8.04. The van der Waals surface area contributed by atoms with E-state index < -0.39 is 11.5 Å². The van der Waals surface area contributed by atoms with E-state index in [-0.39, 0.29) is 35.2 Å².